The number of hydrogen-bond donors (Lipinski definition) is 0. The van der Waals surface area contributed by atoms with Gasteiger partial charge in [-0.3, -0.25) is 0 Å². The normalized spacial score (nSPS) is 24.6. The molecule has 0 atom stereocenters. The molecule has 2 heterocycles. The fourth-order valence-electron chi connectivity index (χ4n) is 2.50. The van der Waals surface area contributed by atoms with Gasteiger partial charge in [0, 0.05) is 25.3 Å². The van der Waals surface area contributed by atoms with Gasteiger partial charge in [-0.05, 0) is 32.6 Å². The highest BCUT2D eigenvalue weighted by Crippen LogP contribution is 2.31. The Morgan fingerprint density at radius 3 is 2.40 bits per heavy atom. The van der Waals surface area contributed by atoms with Crippen LogP contribution in [0.25, 0.3) is 0 Å². The van der Waals surface area contributed by atoms with Crippen molar-refractivity contribution in [2.24, 2.45) is 0 Å². The Labute approximate surface area is 90.3 Å². The van der Waals surface area contributed by atoms with Crippen molar-refractivity contribution < 1.29 is 0 Å². The molecular weight excluding hydrogens is 188 g/mol. The summed E-state index contributed by atoms with van der Waals surface area (Å²) in [6.07, 6.45) is 7.39. The molecule has 4 heteroatoms. The van der Waals surface area contributed by atoms with Gasteiger partial charge in [0.15, 0.2) is 0 Å². The lowest BCUT2D eigenvalue weighted by atomic mass is 10.1. The van der Waals surface area contributed by atoms with E-state index in [9.17, 15) is 0 Å². The van der Waals surface area contributed by atoms with Crippen LogP contribution in [0.15, 0.2) is 6.20 Å². The van der Waals surface area contributed by atoms with Crippen molar-refractivity contribution in [2.75, 3.05) is 13.1 Å². The predicted octanol–water partition coefficient (Wildman–Crippen LogP) is 1.39. The van der Waals surface area contributed by atoms with Crippen LogP contribution in [0.5, 0.6) is 0 Å². The molecule has 1 aliphatic heterocycles. The molecule has 0 bridgehead atoms. The van der Waals surface area contributed by atoms with Gasteiger partial charge in [0.05, 0.1) is 11.7 Å². The summed E-state index contributed by atoms with van der Waals surface area (Å²) in [5.74, 6) is 0. The molecule has 15 heavy (non-hydrogen) atoms. The summed E-state index contributed by atoms with van der Waals surface area (Å²) in [5.41, 5.74) is 1.03. The van der Waals surface area contributed by atoms with Crippen molar-refractivity contribution in [3.05, 3.63) is 11.9 Å². The van der Waals surface area contributed by atoms with Gasteiger partial charge < -0.3 is 4.90 Å². The average Bonchev–Trinajstić information content (AvgIpc) is 3.02. The van der Waals surface area contributed by atoms with Crippen LogP contribution in [0.2, 0.25) is 0 Å². The van der Waals surface area contributed by atoms with Crippen LogP contribution < -0.4 is 0 Å². The Morgan fingerprint density at radius 1 is 1.13 bits per heavy atom. The summed E-state index contributed by atoms with van der Waals surface area (Å²) in [7, 11) is 0. The molecule has 1 saturated carbocycles. The van der Waals surface area contributed by atoms with E-state index in [0.29, 0.717) is 6.04 Å². The van der Waals surface area contributed by atoms with Gasteiger partial charge in [-0.15, -0.1) is 5.10 Å². The van der Waals surface area contributed by atoms with E-state index in [-0.39, 0.29) is 0 Å². The van der Waals surface area contributed by atoms with Gasteiger partial charge in [-0.1, -0.05) is 5.21 Å². The van der Waals surface area contributed by atoms with E-state index in [1.54, 1.807) is 0 Å². The Kier molecular flexibility index (Phi) is 2.24. The van der Waals surface area contributed by atoms with Crippen molar-refractivity contribution >= 4 is 0 Å². The molecular formula is C11H18N4. The summed E-state index contributed by atoms with van der Waals surface area (Å²) in [4.78, 5) is 2.64. The molecule has 1 saturated heterocycles. The largest absolute Gasteiger partial charge is 0.300 e. The van der Waals surface area contributed by atoms with Crippen molar-refractivity contribution in [2.45, 2.75) is 44.7 Å². The molecule has 1 aliphatic carbocycles. The molecule has 0 N–H and O–H groups in total. The summed E-state index contributed by atoms with van der Waals surface area (Å²) in [5, 5.41) is 8.23. The van der Waals surface area contributed by atoms with Crippen molar-refractivity contribution in [3.63, 3.8) is 0 Å². The molecule has 1 aromatic heterocycles. The van der Waals surface area contributed by atoms with Crippen molar-refractivity contribution in [1.82, 2.24) is 19.9 Å². The van der Waals surface area contributed by atoms with Gasteiger partial charge in [-0.2, -0.15) is 0 Å². The minimum absolute atomic E-state index is 0.584. The molecule has 1 aromatic rings. The predicted molar refractivity (Wildman–Crippen MR) is 57.6 cm³/mol. The quantitative estimate of drug-likeness (QED) is 0.733. The molecule has 2 fully saturated rings. The van der Waals surface area contributed by atoms with E-state index in [2.05, 4.69) is 26.1 Å². The summed E-state index contributed by atoms with van der Waals surface area (Å²) >= 11 is 0. The van der Waals surface area contributed by atoms with Crippen LogP contribution in [0.4, 0.5) is 0 Å². The minimum Gasteiger partial charge on any atom is -0.300 e. The maximum Gasteiger partial charge on any atom is 0.0796 e. The number of piperidine rings is 1. The molecule has 4 nitrogen and oxygen atoms in total. The van der Waals surface area contributed by atoms with E-state index in [1.165, 1.54) is 38.8 Å². The standard InChI is InChI=1S/C11H18N4/c1-9-8-15(13-12-9)11-4-6-14(7-5-11)10-2-3-10/h8,10-11H,2-7H2,1H3. The molecule has 82 valence electrons. The molecule has 0 radical (unpaired) electrons. The summed E-state index contributed by atoms with van der Waals surface area (Å²) in [6.45, 7) is 4.49. The Bertz CT molecular complexity index is 334. The van der Waals surface area contributed by atoms with Crippen LogP contribution in [-0.2, 0) is 0 Å². The third-order valence-electron chi connectivity index (χ3n) is 3.56. The second kappa shape index (κ2) is 3.59. The average molecular weight is 206 g/mol. The van der Waals surface area contributed by atoms with Gasteiger partial charge in [0.2, 0.25) is 0 Å². The molecule has 2 aliphatic rings. The van der Waals surface area contributed by atoms with E-state index >= 15 is 0 Å². The Hall–Kier alpha value is -0.900. The lowest BCUT2D eigenvalue weighted by Gasteiger charge is -2.31. The number of rotatable bonds is 2. The second-order valence-electron chi connectivity index (χ2n) is 4.84. The van der Waals surface area contributed by atoms with Crippen molar-refractivity contribution in [1.29, 1.82) is 0 Å². The van der Waals surface area contributed by atoms with E-state index in [0.717, 1.165) is 11.7 Å². The third-order valence-corrected chi connectivity index (χ3v) is 3.56. The number of aromatic nitrogens is 3. The highest BCUT2D eigenvalue weighted by Gasteiger charge is 2.32. The van der Waals surface area contributed by atoms with Crippen LogP contribution >= 0.6 is 0 Å². The van der Waals surface area contributed by atoms with Crippen LogP contribution in [-0.4, -0.2) is 39.0 Å². The third kappa shape index (κ3) is 1.91. The minimum atomic E-state index is 0.584. The van der Waals surface area contributed by atoms with E-state index in [4.69, 9.17) is 0 Å². The molecule has 0 spiro atoms. The highest BCUT2D eigenvalue weighted by molar-refractivity contribution is 4.92. The summed E-state index contributed by atoms with van der Waals surface area (Å²) in [6, 6.07) is 1.50. The fourth-order valence-corrected chi connectivity index (χ4v) is 2.50. The van der Waals surface area contributed by atoms with E-state index in [1.807, 2.05) is 6.92 Å². The number of hydrogen-bond acceptors (Lipinski definition) is 3. The zero-order valence-electron chi connectivity index (χ0n) is 9.26. The Morgan fingerprint density at radius 2 is 1.87 bits per heavy atom. The maximum absolute atomic E-state index is 4.17. The summed E-state index contributed by atoms with van der Waals surface area (Å²) < 4.78 is 2.06. The monoisotopic (exact) mass is 206 g/mol. The van der Waals surface area contributed by atoms with Crippen LogP contribution in [0.3, 0.4) is 0 Å². The van der Waals surface area contributed by atoms with Gasteiger partial charge in [-0.25, -0.2) is 4.68 Å². The lowest BCUT2D eigenvalue weighted by Crippen LogP contribution is -2.36. The topological polar surface area (TPSA) is 34.0 Å². The second-order valence-corrected chi connectivity index (χ2v) is 4.84. The van der Waals surface area contributed by atoms with Crippen molar-refractivity contribution in [3.8, 4) is 0 Å². The van der Waals surface area contributed by atoms with Gasteiger partial charge >= 0.3 is 0 Å². The van der Waals surface area contributed by atoms with Crippen LogP contribution in [0.1, 0.15) is 37.4 Å². The SMILES string of the molecule is Cc1cn(C2CCN(C3CC3)CC2)nn1. The zero-order valence-corrected chi connectivity index (χ0v) is 9.26. The van der Waals surface area contributed by atoms with Gasteiger partial charge in [0.25, 0.3) is 0 Å². The molecule has 0 aromatic carbocycles. The van der Waals surface area contributed by atoms with E-state index < -0.39 is 0 Å². The number of nitrogens with zero attached hydrogens (tertiary/aromatic N) is 4. The zero-order chi connectivity index (χ0) is 10.3. The molecule has 3 rings (SSSR count). The first-order chi connectivity index (χ1) is 7.33. The first kappa shape index (κ1) is 9.33. The van der Waals surface area contributed by atoms with Gasteiger partial charge in [0.1, 0.15) is 0 Å². The molecule has 0 unspecified atom stereocenters. The first-order valence-electron chi connectivity index (χ1n) is 5.95. The molecule has 0 amide bonds. The smallest absolute Gasteiger partial charge is 0.0796 e. The first-order valence-corrected chi connectivity index (χ1v) is 5.95. The fraction of sp³-hybridized carbons (Fsp3) is 0.818. The number of aryl methyl sites for hydroxylation is 1. The Balaban J connectivity index is 1.61. The number of likely N-dealkylation sites (tertiary alicyclic amines) is 1. The highest BCUT2D eigenvalue weighted by atomic mass is 15.4. The maximum atomic E-state index is 4.17. The van der Waals surface area contributed by atoms with Crippen LogP contribution in [0, 0.1) is 6.92 Å². The lowest BCUT2D eigenvalue weighted by molar-refractivity contribution is 0.171.